The lowest BCUT2D eigenvalue weighted by Gasteiger charge is -2.11. The van der Waals surface area contributed by atoms with E-state index in [0.717, 1.165) is 29.7 Å². The minimum Gasteiger partial charge on any atom is -0.326 e. The third-order valence-electron chi connectivity index (χ3n) is 4.44. The Kier molecular flexibility index (Phi) is 4.19. The molecule has 1 amide bonds. The quantitative estimate of drug-likeness (QED) is 0.875. The minimum atomic E-state index is -3.44. The molecular formula is C18H20N2O3S. The summed E-state index contributed by atoms with van der Waals surface area (Å²) in [5, 5.41) is 2.95. The number of benzene rings is 2. The van der Waals surface area contributed by atoms with E-state index in [1.54, 1.807) is 24.3 Å². The van der Waals surface area contributed by atoms with E-state index in [2.05, 4.69) is 10.0 Å². The average Bonchev–Trinajstić information content (AvgIpc) is 3.34. The number of carbonyl (C=O) groups is 1. The Labute approximate surface area is 142 Å². The highest BCUT2D eigenvalue weighted by Gasteiger charge is 2.44. The van der Waals surface area contributed by atoms with Gasteiger partial charge < -0.3 is 5.32 Å². The Bertz CT molecular complexity index is 869. The van der Waals surface area contributed by atoms with Crippen molar-refractivity contribution < 1.29 is 13.2 Å². The fourth-order valence-electron chi connectivity index (χ4n) is 2.42. The van der Waals surface area contributed by atoms with Crippen LogP contribution in [0.3, 0.4) is 0 Å². The molecule has 2 N–H and O–H groups in total. The first-order valence-electron chi connectivity index (χ1n) is 7.80. The topological polar surface area (TPSA) is 75.3 Å². The van der Waals surface area contributed by atoms with E-state index in [4.69, 9.17) is 0 Å². The third-order valence-corrected chi connectivity index (χ3v) is 5.87. The molecule has 1 saturated carbocycles. The SMILES string of the molecule is CNS(=O)(=O)c1ccc(-c2cccc(NC(=O)C3(C)CC3)c2)cc1. The monoisotopic (exact) mass is 344 g/mol. The lowest BCUT2D eigenvalue weighted by Crippen LogP contribution is -2.21. The van der Waals surface area contributed by atoms with Crippen LogP contribution in [0, 0.1) is 5.41 Å². The summed E-state index contributed by atoms with van der Waals surface area (Å²) in [5.41, 5.74) is 2.33. The van der Waals surface area contributed by atoms with Crippen molar-refractivity contribution in [3.63, 3.8) is 0 Å². The Hall–Kier alpha value is -2.18. The first-order valence-corrected chi connectivity index (χ1v) is 9.28. The summed E-state index contributed by atoms with van der Waals surface area (Å²) in [6.07, 6.45) is 1.86. The summed E-state index contributed by atoms with van der Waals surface area (Å²) in [6, 6.07) is 14.2. The molecule has 0 atom stereocenters. The highest BCUT2D eigenvalue weighted by molar-refractivity contribution is 7.89. The van der Waals surface area contributed by atoms with Crippen LogP contribution in [-0.4, -0.2) is 21.4 Å². The van der Waals surface area contributed by atoms with Gasteiger partial charge in [-0.25, -0.2) is 13.1 Å². The zero-order chi connectivity index (χ0) is 17.4. The van der Waals surface area contributed by atoms with Crippen LogP contribution in [0.5, 0.6) is 0 Å². The number of hydrogen-bond acceptors (Lipinski definition) is 3. The molecule has 0 spiro atoms. The maximum Gasteiger partial charge on any atom is 0.240 e. The number of amides is 1. The van der Waals surface area contributed by atoms with Crippen LogP contribution in [-0.2, 0) is 14.8 Å². The summed E-state index contributed by atoms with van der Waals surface area (Å²) in [4.78, 5) is 12.4. The van der Waals surface area contributed by atoms with Crippen molar-refractivity contribution in [3.8, 4) is 11.1 Å². The molecule has 5 nitrogen and oxygen atoms in total. The molecule has 1 aliphatic rings. The van der Waals surface area contributed by atoms with Gasteiger partial charge in [0, 0.05) is 11.1 Å². The Morgan fingerprint density at radius 1 is 1.04 bits per heavy atom. The van der Waals surface area contributed by atoms with E-state index >= 15 is 0 Å². The molecule has 6 heteroatoms. The van der Waals surface area contributed by atoms with Crippen molar-refractivity contribution >= 4 is 21.6 Å². The predicted octanol–water partition coefficient (Wildman–Crippen LogP) is 3.00. The first kappa shape index (κ1) is 16.7. The van der Waals surface area contributed by atoms with E-state index in [9.17, 15) is 13.2 Å². The van der Waals surface area contributed by atoms with Gasteiger partial charge in [-0.1, -0.05) is 31.2 Å². The molecule has 3 rings (SSSR count). The third kappa shape index (κ3) is 3.34. The highest BCUT2D eigenvalue weighted by Crippen LogP contribution is 2.45. The molecule has 2 aromatic carbocycles. The van der Waals surface area contributed by atoms with E-state index in [1.807, 2.05) is 31.2 Å². The Morgan fingerprint density at radius 3 is 2.29 bits per heavy atom. The molecular weight excluding hydrogens is 324 g/mol. The number of anilines is 1. The van der Waals surface area contributed by atoms with Crippen LogP contribution in [0.2, 0.25) is 0 Å². The van der Waals surface area contributed by atoms with E-state index in [0.29, 0.717) is 0 Å². The zero-order valence-corrected chi connectivity index (χ0v) is 14.5. The average molecular weight is 344 g/mol. The largest absolute Gasteiger partial charge is 0.326 e. The lowest BCUT2D eigenvalue weighted by molar-refractivity contribution is -0.120. The second-order valence-electron chi connectivity index (χ2n) is 6.33. The normalized spacial score (nSPS) is 15.8. The summed E-state index contributed by atoms with van der Waals surface area (Å²) in [6.45, 7) is 1.97. The van der Waals surface area contributed by atoms with Crippen molar-refractivity contribution in [2.24, 2.45) is 5.41 Å². The summed E-state index contributed by atoms with van der Waals surface area (Å²) in [7, 11) is -2.05. The Morgan fingerprint density at radius 2 is 1.71 bits per heavy atom. The Balaban J connectivity index is 1.82. The number of sulfonamides is 1. The fourth-order valence-corrected chi connectivity index (χ4v) is 3.15. The standard InChI is InChI=1S/C18H20N2O3S/c1-18(10-11-18)17(21)20-15-5-3-4-14(12-15)13-6-8-16(9-7-13)24(22,23)19-2/h3-9,12,19H,10-11H2,1-2H3,(H,20,21). The maximum atomic E-state index is 12.1. The van der Waals surface area contributed by atoms with Crippen LogP contribution in [0.15, 0.2) is 53.4 Å². The van der Waals surface area contributed by atoms with Gasteiger partial charge in [-0.2, -0.15) is 0 Å². The summed E-state index contributed by atoms with van der Waals surface area (Å²) >= 11 is 0. The molecule has 0 aliphatic heterocycles. The van der Waals surface area contributed by atoms with Gasteiger partial charge in [0.05, 0.1) is 4.90 Å². The molecule has 1 aliphatic carbocycles. The minimum absolute atomic E-state index is 0.0510. The number of rotatable bonds is 5. The van der Waals surface area contributed by atoms with Crippen molar-refractivity contribution in [2.75, 3.05) is 12.4 Å². The molecule has 0 bridgehead atoms. The molecule has 0 heterocycles. The molecule has 1 fully saturated rings. The summed E-state index contributed by atoms with van der Waals surface area (Å²) in [5.74, 6) is 0.0510. The predicted molar refractivity (Wildman–Crippen MR) is 94.1 cm³/mol. The van der Waals surface area contributed by atoms with Gasteiger partial charge in [0.15, 0.2) is 0 Å². The van der Waals surface area contributed by atoms with Gasteiger partial charge in [-0.3, -0.25) is 4.79 Å². The van der Waals surface area contributed by atoms with Crippen molar-refractivity contribution in [3.05, 3.63) is 48.5 Å². The maximum absolute atomic E-state index is 12.1. The van der Waals surface area contributed by atoms with E-state index in [1.165, 1.54) is 7.05 Å². The van der Waals surface area contributed by atoms with Gasteiger partial charge in [0.25, 0.3) is 0 Å². The van der Waals surface area contributed by atoms with Gasteiger partial charge in [-0.05, 0) is 55.3 Å². The number of nitrogens with one attached hydrogen (secondary N) is 2. The molecule has 0 aromatic heterocycles. The van der Waals surface area contributed by atoms with Crippen LogP contribution < -0.4 is 10.0 Å². The van der Waals surface area contributed by atoms with Crippen molar-refractivity contribution in [1.82, 2.24) is 4.72 Å². The number of hydrogen-bond donors (Lipinski definition) is 2. The van der Waals surface area contributed by atoms with Gasteiger partial charge in [0.2, 0.25) is 15.9 Å². The van der Waals surface area contributed by atoms with Crippen LogP contribution >= 0.6 is 0 Å². The van der Waals surface area contributed by atoms with Crippen LogP contribution in [0.1, 0.15) is 19.8 Å². The molecule has 0 unspecified atom stereocenters. The van der Waals surface area contributed by atoms with E-state index in [-0.39, 0.29) is 16.2 Å². The van der Waals surface area contributed by atoms with Gasteiger partial charge in [-0.15, -0.1) is 0 Å². The highest BCUT2D eigenvalue weighted by atomic mass is 32.2. The van der Waals surface area contributed by atoms with Gasteiger partial charge >= 0.3 is 0 Å². The molecule has 126 valence electrons. The zero-order valence-electron chi connectivity index (χ0n) is 13.7. The lowest BCUT2D eigenvalue weighted by atomic mass is 10.0. The summed E-state index contributed by atoms with van der Waals surface area (Å²) < 4.78 is 25.8. The van der Waals surface area contributed by atoms with E-state index < -0.39 is 10.0 Å². The smallest absolute Gasteiger partial charge is 0.240 e. The number of carbonyl (C=O) groups excluding carboxylic acids is 1. The molecule has 0 saturated heterocycles. The van der Waals surface area contributed by atoms with Crippen molar-refractivity contribution in [2.45, 2.75) is 24.7 Å². The molecule has 24 heavy (non-hydrogen) atoms. The second kappa shape index (κ2) is 6.03. The molecule has 2 aromatic rings. The van der Waals surface area contributed by atoms with Crippen LogP contribution in [0.4, 0.5) is 5.69 Å². The fraction of sp³-hybridized carbons (Fsp3) is 0.278. The van der Waals surface area contributed by atoms with Gasteiger partial charge in [0.1, 0.15) is 0 Å². The second-order valence-corrected chi connectivity index (χ2v) is 8.21. The van der Waals surface area contributed by atoms with Crippen molar-refractivity contribution in [1.29, 1.82) is 0 Å². The first-order chi connectivity index (χ1) is 11.3. The van der Waals surface area contributed by atoms with Crippen LogP contribution in [0.25, 0.3) is 11.1 Å². The molecule has 0 radical (unpaired) electrons.